The average Bonchev–Trinajstić information content (AvgIpc) is 2.42. The van der Waals surface area contributed by atoms with Crippen molar-refractivity contribution in [1.82, 2.24) is 0 Å². The molecule has 0 nitrogen and oxygen atoms in total. The lowest BCUT2D eigenvalue weighted by molar-refractivity contribution is 0.824. The second-order valence-corrected chi connectivity index (χ2v) is 5.04. The molecule has 0 aliphatic heterocycles. The minimum Gasteiger partial charge on any atom is -0.0620 e. The van der Waals surface area contributed by atoms with Crippen LogP contribution < -0.4 is 0 Å². The molecule has 90 valence electrons. The van der Waals surface area contributed by atoms with Crippen molar-refractivity contribution in [2.75, 3.05) is 0 Å². The molecule has 0 bridgehead atoms. The first-order valence-corrected chi connectivity index (χ1v) is 6.69. The third kappa shape index (κ3) is 2.11. The molecule has 18 heavy (non-hydrogen) atoms. The topological polar surface area (TPSA) is 0 Å². The fourth-order valence-electron chi connectivity index (χ4n) is 2.74. The molecule has 0 fully saturated rings. The number of fused-ring (bicyclic) bond motifs is 1. The van der Waals surface area contributed by atoms with Gasteiger partial charge in [0, 0.05) is 0 Å². The number of rotatable bonds is 1. The Kier molecular flexibility index (Phi) is 3.02. The number of aryl methyl sites for hydroxylation is 2. The minimum absolute atomic E-state index is 1.20. The van der Waals surface area contributed by atoms with Crippen LogP contribution in [0.2, 0.25) is 0 Å². The molecule has 0 heteroatoms. The van der Waals surface area contributed by atoms with Crippen LogP contribution in [0.4, 0.5) is 0 Å². The zero-order valence-corrected chi connectivity index (χ0v) is 10.8. The molecule has 1 aliphatic carbocycles. The molecule has 2 aromatic rings. The molecule has 0 spiro atoms. The second-order valence-electron chi connectivity index (χ2n) is 5.04. The zero-order valence-electron chi connectivity index (χ0n) is 10.8. The monoisotopic (exact) mass is 234 g/mol. The van der Waals surface area contributed by atoms with Crippen LogP contribution in [-0.4, -0.2) is 0 Å². The van der Waals surface area contributed by atoms with Gasteiger partial charge in [0.15, 0.2) is 0 Å². The maximum Gasteiger partial charge on any atom is -0.0192 e. The van der Waals surface area contributed by atoms with E-state index in [1.807, 2.05) is 0 Å². The standard InChI is InChI=1S/C18H18/c1-14-7-2-3-9-16(14)13-17-11-6-10-15-8-4-5-12-18(15)17/h2-5,7-9,12-13H,6,10-11H2,1H3/b17-13-. The smallest absolute Gasteiger partial charge is 0.0192 e. The van der Waals surface area contributed by atoms with Crippen molar-refractivity contribution < 1.29 is 0 Å². The fraction of sp³-hybridized carbons (Fsp3) is 0.222. The Morgan fingerprint density at radius 3 is 2.56 bits per heavy atom. The first-order chi connectivity index (χ1) is 8.84. The van der Waals surface area contributed by atoms with E-state index in [1.165, 1.54) is 47.1 Å². The lowest BCUT2D eigenvalue weighted by atomic mass is 9.86. The van der Waals surface area contributed by atoms with E-state index < -0.39 is 0 Å². The molecule has 1 aliphatic rings. The third-order valence-corrected chi connectivity index (χ3v) is 3.77. The first-order valence-electron chi connectivity index (χ1n) is 6.69. The maximum absolute atomic E-state index is 2.37. The summed E-state index contributed by atoms with van der Waals surface area (Å²) in [6.45, 7) is 2.18. The predicted octanol–water partition coefficient (Wildman–Crippen LogP) is 4.87. The van der Waals surface area contributed by atoms with Gasteiger partial charge in [-0.05, 0) is 54.0 Å². The predicted molar refractivity (Wildman–Crippen MR) is 78.4 cm³/mol. The molecule has 0 radical (unpaired) electrons. The van der Waals surface area contributed by atoms with E-state index in [2.05, 4.69) is 61.5 Å². The van der Waals surface area contributed by atoms with Crippen molar-refractivity contribution in [2.45, 2.75) is 26.2 Å². The van der Waals surface area contributed by atoms with Crippen LogP contribution in [0.15, 0.2) is 48.5 Å². The quantitative estimate of drug-likeness (QED) is 0.660. The van der Waals surface area contributed by atoms with Gasteiger partial charge in [0.05, 0.1) is 0 Å². The lowest BCUT2D eigenvalue weighted by Crippen LogP contribution is -2.01. The summed E-state index contributed by atoms with van der Waals surface area (Å²) in [6.07, 6.45) is 6.06. The van der Waals surface area contributed by atoms with Crippen LogP contribution in [0, 0.1) is 6.92 Å². The van der Waals surface area contributed by atoms with Gasteiger partial charge < -0.3 is 0 Å². The highest BCUT2D eigenvalue weighted by Gasteiger charge is 2.13. The normalized spacial score (nSPS) is 16.6. The molecular weight excluding hydrogens is 216 g/mol. The van der Waals surface area contributed by atoms with Crippen LogP contribution in [0.3, 0.4) is 0 Å². The van der Waals surface area contributed by atoms with Crippen molar-refractivity contribution in [3.63, 3.8) is 0 Å². The number of allylic oxidation sites excluding steroid dienone is 1. The summed E-state index contributed by atoms with van der Waals surface area (Å²) in [5.74, 6) is 0. The van der Waals surface area contributed by atoms with Crippen LogP contribution in [0.25, 0.3) is 11.6 Å². The van der Waals surface area contributed by atoms with Gasteiger partial charge in [-0.15, -0.1) is 0 Å². The Balaban J connectivity index is 2.07. The van der Waals surface area contributed by atoms with Gasteiger partial charge in [-0.1, -0.05) is 54.6 Å². The Morgan fingerprint density at radius 2 is 1.67 bits per heavy atom. The molecule has 0 aromatic heterocycles. The van der Waals surface area contributed by atoms with Crippen LogP contribution >= 0.6 is 0 Å². The highest BCUT2D eigenvalue weighted by molar-refractivity contribution is 5.84. The SMILES string of the molecule is Cc1ccccc1/C=C1/CCCc2ccccc21. The van der Waals surface area contributed by atoms with E-state index in [0.29, 0.717) is 0 Å². The van der Waals surface area contributed by atoms with Crippen LogP contribution in [0.5, 0.6) is 0 Å². The molecule has 2 aromatic carbocycles. The minimum atomic E-state index is 1.20. The van der Waals surface area contributed by atoms with Gasteiger partial charge in [-0.2, -0.15) is 0 Å². The highest BCUT2D eigenvalue weighted by atomic mass is 14.2. The first kappa shape index (κ1) is 11.3. The van der Waals surface area contributed by atoms with E-state index in [9.17, 15) is 0 Å². The molecule has 0 N–H and O–H groups in total. The molecule has 0 atom stereocenters. The summed E-state index contributed by atoms with van der Waals surface area (Å²) < 4.78 is 0. The van der Waals surface area contributed by atoms with Gasteiger partial charge in [0.2, 0.25) is 0 Å². The maximum atomic E-state index is 2.37. The molecule has 0 heterocycles. The Labute approximate surface area is 109 Å². The average molecular weight is 234 g/mol. The summed E-state index contributed by atoms with van der Waals surface area (Å²) in [5.41, 5.74) is 7.15. The number of hydrogen-bond acceptors (Lipinski definition) is 0. The lowest BCUT2D eigenvalue weighted by Gasteiger charge is -2.19. The van der Waals surface area contributed by atoms with Gasteiger partial charge in [-0.3, -0.25) is 0 Å². The summed E-state index contributed by atoms with van der Waals surface area (Å²) in [7, 11) is 0. The Bertz CT molecular complexity index is 590. The molecule has 0 saturated carbocycles. The second kappa shape index (κ2) is 4.81. The fourth-order valence-corrected chi connectivity index (χ4v) is 2.74. The summed E-state index contributed by atoms with van der Waals surface area (Å²) in [6, 6.07) is 17.4. The van der Waals surface area contributed by atoms with E-state index in [4.69, 9.17) is 0 Å². The number of hydrogen-bond donors (Lipinski definition) is 0. The van der Waals surface area contributed by atoms with Crippen molar-refractivity contribution in [2.24, 2.45) is 0 Å². The van der Waals surface area contributed by atoms with Crippen molar-refractivity contribution in [3.8, 4) is 0 Å². The van der Waals surface area contributed by atoms with E-state index >= 15 is 0 Å². The largest absolute Gasteiger partial charge is 0.0620 e. The zero-order chi connectivity index (χ0) is 12.4. The van der Waals surface area contributed by atoms with Gasteiger partial charge in [0.1, 0.15) is 0 Å². The van der Waals surface area contributed by atoms with E-state index in [1.54, 1.807) is 0 Å². The molecule has 0 unspecified atom stereocenters. The van der Waals surface area contributed by atoms with Gasteiger partial charge in [-0.25, -0.2) is 0 Å². The van der Waals surface area contributed by atoms with E-state index in [0.717, 1.165) is 0 Å². The van der Waals surface area contributed by atoms with E-state index in [-0.39, 0.29) is 0 Å². The van der Waals surface area contributed by atoms with Crippen LogP contribution in [0.1, 0.15) is 35.1 Å². The van der Waals surface area contributed by atoms with Crippen molar-refractivity contribution in [3.05, 3.63) is 70.8 Å². The molecular formula is C18H18. The Morgan fingerprint density at radius 1 is 0.889 bits per heavy atom. The summed E-state index contributed by atoms with van der Waals surface area (Å²) in [4.78, 5) is 0. The third-order valence-electron chi connectivity index (χ3n) is 3.77. The summed E-state index contributed by atoms with van der Waals surface area (Å²) in [5, 5.41) is 0. The molecule has 0 amide bonds. The summed E-state index contributed by atoms with van der Waals surface area (Å²) >= 11 is 0. The molecule has 3 rings (SSSR count). The highest BCUT2D eigenvalue weighted by Crippen LogP contribution is 2.32. The van der Waals surface area contributed by atoms with Gasteiger partial charge in [0.25, 0.3) is 0 Å². The van der Waals surface area contributed by atoms with Crippen molar-refractivity contribution in [1.29, 1.82) is 0 Å². The molecule has 0 saturated heterocycles. The van der Waals surface area contributed by atoms with Crippen LogP contribution in [-0.2, 0) is 6.42 Å². The number of benzene rings is 2. The van der Waals surface area contributed by atoms with Crippen molar-refractivity contribution >= 4 is 11.6 Å². The van der Waals surface area contributed by atoms with Gasteiger partial charge >= 0.3 is 0 Å². The Hall–Kier alpha value is -1.82.